The van der Waals surface area contributed by atoms with E-state index in [9.17, 15) is 9.18 Å². The summed E-state index contributed by atoms with van der Waals surface area (Å²) >= 11 is 0. The lowest BCUT2D eigenvalue weighted by Gasteiger charge is -2.25. The molecule has 1 aromatic rings. The van der Waals surface area contributed by atoms with Crippen molar-refractivity contribution in [3.05, 3.63) is 34.6 Å². The molecule has 0 amide bonds. The van der Waals surface area contributed by atoms with E-state index in [4.69, 9.17) is 0 Å². The fraction of sp³-hybridized carbons (Fsp3) is 0.417. The maximum atomic E-state index is 13.3. The molecule has 1 nitrogen and oxygen atoms in total. The minimum absolute atomic E-state index is 0.0352. The van der Waals surface area contributed by atoms with Gasteiger partial charge < -0.3 is 0 Å². The number of hydrogen-bond donors (Lipinski definition) is 0. The average Bonchev–Trinajstić information content (AvgIpc) is 2.11. The molecule has 1 saturated carbocycles. The number of benzene rings is 1. The number of ketones is 1. The van der Waals surface area contributed by atoms with Crippen LogP contribution in [0.2, 0.25) is 0 Å². The lowest BCUT2D eigenvalue weighted by atomic mass is 9.78. The van der Waals surface area contributed by atoms with Crippen molar-refractivity contribution in [1.82, 2.24) is 0 Å². The first-order valence-electron chi connectivity index (χ1n) is 4.89. The fourth-order valence-corrected chi connectivity index (χ4v) is 1.94. The van der Waals surface area contributed by atoms with Gasteiger partial charge in [0.05, 0.1) is 0 Å². The van der Waals surface area contributed by atoms with Crippen molar-refractivity contribution in [2.75, 3.05) is 0 Å². The summed E-state index contributed by atoms with van der Waals surface area (Å²) in [6.45, 7) is 3.49. The van der Waals surface area contributed by atoms with E-state index in [0.29, 0.717) is 17.5 Å². The van der Waals surface area contributed by atoms with Crippen molar-refractivity contribution in [2.24, 2.45) is 0 Å². The van der Waals surface area contributed by atoms with Crippen LogP contribution in [0, 0.1) is 19.7 Å². The Labute approximate surface area is 82.9 Å². The van der Waals surface area contributed by atoms with Crippen molar-refractivity contribution in [2.45, 2.75) is 32.6 Å². The molecule has 2 heteroatoms. The molecule has 2 rings (SSSR count). The standard InChI is InChI=1S/C12H13FO/c1-7-5-9(6-8(2)12(7)13)10-3-4-11(10)14/h5-6,10H,3-4H2,1-2H3. The highest BCUT2D eigenvalue weighted by atomic mass is 19.1. The van der Waals surface area contributed by atoms with Gasteiger partial charge in [-0.15, -0.1) is 0 Å². The summed E-state index contributed by atoms with van der Waals surface area (Å²) in [5.41, 5.74) is 2.26. The van der Waals surface area contributed by atoms with Gasteiger partial charge in [0.15, 0.2) is 0 Å². The van der Waals surface area contributed by atoms with Gasteiger partial charge in [-0.2, -0.15) is 0 Å². The van der Waals surface area contributed by atoms with Gasteiger partial charge in [0, 0.05) is 12.3 Å². The molecule has 1 fully saturated rings. The molecule has 0 saturated heterocycles. The Bertz CT molecular complexity index is 372. The summed E-state index contributed by atoms with van der Waals surface area (Å²) in [6.07, 6.45) is 1.60. The van der Waals surface area contributed by atoms with Crippen molar-refractivity contribution < 1.29 is 9.18 Å². The maximum Gasteiger partial charge on any atom is 0.140 e. The lowest BCUT2D eigenvalue weighted by Crippen LogP contribution is -2.23. The molecule has 0 spiro atoms. The van der Waals surface area contributed by atoms with E-state index >= 15 is 0 Å². The van der Waals surface area contributed by atoms with Gasteiger partial charge in [-0.3, -0.25) is 4.79 Å². The average molecular weight is 192 g/mol. The molecule has 0 heterocycles. The van der Waals surface area contributed by atoms with E-state index in [2.05, 4.69) is 0 Å². The Balaban J connectivity index is 2.40. The number of carbonyl (C=O) groups is 1. The zero-order chi connectivity index (χ0) is 10.3. The first kappa shape index (κ1) is 9.38. The van der Waals surface area contributed by atoms with Crippen LogP contribution in [0.25, 0.3) is 0 Å². The lowest BCUT2D eigenvalue weighted by molar-refractivity contribution is -0.125. The molecule has 1 aromatic carbocycles. The normalized spacial score (nSPS) is 20.8. The SMILES string of the molecule is Cc1cc(C2CCC2=O)cc(C)c1F. The van der Waals surface area contributed by atoms with Crippen LogP contribution in [0.1, 0.15) is 35.4 Å². The topological polar surface area (TPSA) is 17.1 Å². The number of Topliss-reactive ketones (excluding diaryl/α,β-unsaturated/α-hetero) is 1. The van der Waals surface area contributed by atoms with Gasteiger partial charge in [0.25, 0.3) is 0 Å². The molecule has 1 aliphatic rings. The quantitative estimate of drug-likeness (QED) is 0.668. The van der Waals surface area contributed by atoms with Crippen LogP contribution < -0.4 is 0 Å². The number of carbonyl (C=O) groups excluding carboxylic acids is 1. The van der Waals surface area contributed by atoms with Gasteiger partial charge in [0.1, 0.15) is 11.6 Å². The highest BCUT2D eigenvalue weighted by Gasteiger charge is 2.29. The Morgan fingerprint density at radius 1 is 1.29 bits per heavy atom. The molecular formula is C12H13FO. The minimum Gasteiger partial charge on any atom is -0.299 e. The van der Waals surface area contributed by atoms with E-state index in [0.717, 1.165) is 12.0 Å². The number of rotatable bonds is 1. The third-order valence-corrected chi connectivity index (χ3v) is 2.93. The summed E-state index contributed by atoms with van der Waals surface area (Å²) in [5.74, 6) is 0.170. The number of hydrogen-bond acceptors (Lipinski definition) is 1. The van der Waals surface area contributed by atoms with Crippen LogP contribution in [-0.4, -0.2) is 5.78 Å². The molecule has 1 unspecified atom stereocenters. The Hall–Kier alpha value is -1.18. The molecule has 74 valence electrons. The zero-order valence-corrected chi connectivity index (χ0v) is 8.43. The van der Waals surface area contributed by atoms with E-state index < -0.39 is 0 Å². The number of halogens is 1. The minimum atomic E-state index is -0.152. The second kappa shape index (κ2) is 3.19. The summed E-state index contributed by atoms with van der Waals surface area (Å²) in [6, 6.07) is 3.59. The Kier molecular flexibility index (Phi) is 2.14. The highest BCUT2D eigenvalue weighted by molar-refractivity contribution is 5.91. The molecule has 1 aliphatic carbocycles. The largest absolute Gasteiger partial charge is 0.299 e. The highest BCUT2D eigenvalue weighted by Crippen LogP contribution is 2.34. The van der Waals surface area contributed by atoms with Gasteiger partial charge in [-0.05, 0) is 37.0 Å². The van der Waals surface area contributed by atoms with Gasteiger partial charge >= 0.3 is 0 Å². The number of aryl methyl sites for hydroxylation is 2. The molecule has 0 radical (unpaired) electrons. The smallest absolute Gasteiger partial charge is 0.140 e. The van der Waals surface area contributed by atoms with Crippen LogP contribution in [0.4, 0.5) is 4.39 Å². The van der Waals surface area contributed by atoms with Gasteiger partial charge in [-0.25, -0.2) is 4.39 Å². The second-order valence-corrected chi connectivity index (χ2v) is 4.03. The Morgan fingerprint density at radius 2 is 1.86 bits per heavy atom. The first-order valence-corrected chi connectivity index (χ1v) is 4.89. The first-order chi connectivity index (χ1) is 6.59. The Morgan fingerprint density at radius 3 is 2.21 bits per heavy atom. The van der Waals surface area contributed by atoms with Crippen molar-refractivity contribution in [1.29, 1.82) is 0 Å². The second-order valence-electron chi connectivity index (χ2n) is 4.03. The van der Waals surface area contributed by atoms with Crippen LogP contribution in [0.15, 0.2) is 12.1 Å². The van der Waals surface area contributed by atoms with Crippen molar-refractivity contribution in [3.63, 3.8) is 0 Å². The van der Waals surface area contributed by atoms with E-state index in [1.807, 2.05) is 0 Å². The molecular weight excluding hydrogens is 179 g/mol. The van der Waals surface area contributed by atoms with Gasteiger partial charge in [-0.1, -0.05) is 12.1 Å². The third kappa shape index (κ3) is 1.35. The van der Waals surface area contributed by atoms with E-state index in [-0.39, 0.29) is 17.5 Å². The van der Waals surface area contributed by atoms with Crippen LogP contribution in [0.5, 0.6) is 0 Å². The fourth-order valence-electron chi connectivity index (χ4n) is 1.94. The molecule has 0 aromatic heterocycles. The third-order valence-electron chi connectivity index (χ3n) is 2.93. The summed E-state index contributed by atoms with van der Waals surface area (Å²) in [7, 11) is 0. The van der Waals surface area contributed by atoms with Crippen molar-refractivity contribution in [3.8, 4) is 0 Å². The van der Waals surface area contributed by atoms with Crippen LogP contribution in [-0.2, 0) is 4.79 Å². The van der Waals surface area contributed by atoms with E-state index in [1.54, 1.807) is 26.0 Å². The predicted molar refractivity (Wildman–Crippen MR) is 52.9 cm³/mol. The molecule has 1 atom stereocenters. The van der Waals surface area contributed by atoms with Gasteiger partial charge in [0.2, 0.25) is 0 Å². The molecule has 0 N–H and O–H groups in total. The summed E-state index contributed by atoms with van der Waals surface area (Å²) in [4.78, 5) is 11.2. The molecule has 0 bridgehead atoms. The monoisotopic (exact) mass is 192 g/mol. The molecule has 0 aliphatic heterocycles. The predicted octanol–water partition coefficient (Wildman–Crippen LogP) is 2.89. The van der Waals surface area contributed by atoms with Crippen LogP contribution in [0.3, 0.4) is 0 Å². The zero-order valence-electron chi connectivity index (χ0n) is 8.43. The maximum absolute atomic E-state index is 13.3. The van der Waals surface area contributed by atoms with Crippen molar-refractivity contribution >= 4 is 5.78 Å². The molecule has 14 heavy (non-hydrogen) atoms. The van der Waals surface area contributed by atoms with Crippen LogP contribution >= 0.6 is 0 Å². The summed E-state index contributed by atoms with van der Waals surface area (Å²) in [5, 5.41) is 0. The van der Waals surface area contributed by atoms with E-state index in [1.165, 1.54) is 0 Å². The summed E-state index contributed by atoms with van der Waals surface area (Å²) < 4.78 is 13.3.